The molecule has 5 rings (SSSR count). The van der Waals surface area contributed by atoms with Crippen molar-refractivity contribution in [2.24, 2.45) is 0 Å². The minimum Gasteiger partial charge on any atom is -0.382 e. The zero-order valence-electron chi connectivity index (χ0n) is 16.5. The number of nitrogens with two attached hydrogens (primary N) is 1. The minimum atomic E-state index is 0.376. The third-order valence-electron chi connectivity index (χ3n) is 5.28. The van der Waals surface area contributed by atoms with Crippen LogP contribution in [0, 0.1) is 0 Å². The fraction of sp³-hybridized carbons (Fsp3) is 0.227. The lowest BCUT2D eigenvalue weighted by Gasteiger charge is -2.10. The van der Waals surface area contributed by atoms with Crippen molar-refractivity contribution in [3.63, 3.8) is 0 Å². The van der Waals surface area contributed by atoms with E-state index in [4.69, 9.17) is 10.5 Å². The number of nitrogens with one attached hydrogen (secondary N) is 1. The molecule has 8 nitrogen and oxygen atoms in total. The predicted octanol–water partition coefficient (Wildman–Crippen LogP) is 2.78. The van der Waals surface area contributed by atoms with E-state index in [0.717, 1.165) is 19.6 Å². The molecule has 0 radical (unpaired) electrons. The summed E-state index contributed by atoms with van der Waals surface area (Å²) in [4.78, 5) is 12.4. The van der Waals surface area contributed by atoms with E-state index in [1.54, 1.807) is 6.33 Å². The van der Waals surface area contributed by atoms with Gasteiger partial charge in [-0.1, -0.05) is 36.4 Å². The standard InChI is InChI=1S/C22H23N7O/c23-21-20-22(26-13-25-21)28(14-27-20)15-30-12-10-24-9-11-29-18-7-3-1-5-16(18)17-6-2-4-8-19(17)29/h1-8,13-14,24H,9-12,15H2,(H2,23,25,26). The SMILES string of the molecule is Nc1ncnc2c1ncn2COCCNCCn1c2ccccc2c2ccccc21. The number of imidazole rings is 1. The molecule has 5 aromatic rings. The van der Waals surface area contributed by atoms with Crippen molar-refractivity contribution in [1.82, 2.24) is 29.4 Å². The molecule has 3 N–H and O–H groups in total. The fourth-order valence-electron chi connectivity index (χ4n) is 3.86. The molecule has 0 aliphatic heterocycles. The smallest absolute Gasteiger partial charge is 0.167 e. The van der Waals surface area contributed by atoms with E-state index in [1.807, 2.05) is 4.57 Å². The second-order valence-electron chi connectivity index (χ2n) is 7.12. The number of rotatable bonds is 8. The molecule has 0 saturated carbocycles. The summed E-state index contributed by atoms with van der Waals surface area (Å²) < 4.78 is 9.96. The van der Waals surface area contributed by atoms with Crippen molar-refractivity contribution in [3.05, 3.63) is 61.2 Å². The van der Waals surface area contributed by atoms with Gasteiger partial charge >= 0.3 is 0 Å². The Balaban J connectivity index is 1.14. The van der Waals surface area contributed by atoms with Gasteiger partial charge in [-0.2, -0.15) is 0 Å². The Morgan fingerprint density at radius 3 is 2.40 bits per heavy atom. The normalized spacial score (nSPS) is 11.7. The molecule has 3 heterocycles. The molecule has 0 atom stereocenters. The van der Waals surface area contributed by atoms with Gasteiger partial charge in [-0.05, 0) is 12.1 Å². The van der Waals surface area contributed by atoms with Crippen molar-refractivity contribution >= 4 is 38.8 Å². The van der Waals surface area contributed by atoms with E-state index < -0.39 is 0 Å². The number of ether oxygens (including phenoxy) is 1. The van der Waals surface area contributed by atoms with Crippen LogP contribution >= 0.6 is 0 Å². The number of nitrogen functional groups attached to an aromatic ring is 1. The van der Waals surface area contributed by atoms with Crippen LogP contribution in [0.2, 0.25) is 0 Å². The van der Waals surface area contributed by atoms with E-state index in [1.165, 1.54) is 28.1 Å². The van der Waals surface area contributed by atoms with Crippen LogP contribution in [-0.2, 0) is 18.0 Å². The summed E-state index contributed by atoms with van der Waals surface area (Å²) in [5, 5.41) is 6.06. The fourth-order valence-corrected chi connectivity index (χ4v) is 3.86. The summed E-state index contributed by atoms with van der Waals surface area (Å²) >= 11 is 0. The van der Waals surface area contributed by atoms with Gasteiger partial charge in [0.25, 0.3) is 0 Å². The number of anilines is 1. The Morgan fingerprint density at radius 2 is 1.63 bits per heavy atom. The number of fused-ring (bicyclic) bond motifs is 4. The molecule has 0 amide bonds. The predicted molar refractivity (Wildman–Crippen MR) is 118 cm³/mol. The number of aromatic nitrogens is 5. The Morgan fingerprint density at radius 1 is 0.900 bits per heavy atom. The van der Waals surface area contributed by atoms with E-state index in [2.05, 4.69) is 73.4 Å². The molecular weight excluding hydrogens is 378 g/mol. The van der Waals surface area contributed by atoms with Gasteiger partial charge in [0, 0.05) is 41.4 Å². The number of hydrogen-bond acceptors (Lipinski definition) is 6. The molecule has 0 aliphatic carbocycles. The Kier molecular flexibility index (Phi) is 5.00. The molecule has 152 valence electrons. The van der Waals surface area contributed by atoms with Gasteiger partial charge in [0.1, 0.15) is 18.6 Å². The lowest BCUT2D eigenvalue weighted by atomic mass is 10.2. The summed E-state index contributed by atoms with van der Waals surface area (Å²) in [5.41, 5.74) is 9.63. The highest BCUT2D eigenvalue weighted by Crippen LogP contribution is 2.28. The third-order valence-corrected chi connectivity index (χ3v) is 5.28. The second-order valence-corrected chi connectivity index (χ2v) is 7.12. The lowest BCUT2D eigenvalue weighted by molar-refractivity contribution is 0.0811. The lowest BCUT2D eigenvalue weighted by Crippen LogP contribution is -2.24. The average molecular weight is 401 g/mol. The first-order valence-electron chi connectivity index (χ1n) is 9.98. The van der Waals surface area contributed by atoms with Gasteiger partial charge in [0.05, 0.1) is 12.9 Å². The van der Waals surface area contributed by atoms with E-state index in [9.17, 15) is 0 Å². The maximum atomic E-state index is 5.81. The summed E-state index contributed by atoms with van der Waals surface area (Å²) in [6, 6.07) is 17.1. The van der Waals surface area contributed by atoms with Crippen LogP contribution in [0.1, 0.15) is 0 Å². The zero-order chi connectivity index (χ0) is 20.3. The molecule has 2 aromatic carbocycles. The average Bonchev–Trinajstić information content (AvgIpc) is 3.34. The number of hydrogen-bond donors (Lipinski definition) is 2. The van der Waals surface area contributed by atoms with Crippen molar-refractivity contribution < 1.29 is 4.74 Å². The first-order chi connectivity index (χ1) is 14.8. The van der Waals surface area contributed by atoms with Gasteiger partial charge < -0.3 is 20.4 Å². The van der Waals surface area contributed by atoms with Crippen LogP contribution in [0.3, 0.4) is 0 Å². The number of benzene rings is 2. The van der Waals surface area contributed by atoms with Gasteiger partial charge in [-0.15, -0.1) is 0 Å². The summed E-state index contributed by atoms with van der Waals surface area (Å²) in [5.74, 6) is 0.380. The van der Waals surface area contributed by atoms with Crippen molar-refractivity contribution in [1.29, 1.82) is 0 Å². The Hall–Kier alpha value is -3.49. The number of nitrogens with zero attached hydrogens (tertiary/aromatic N) is 5. The molecule has 8 heteroatoms. The van der Waals surface area contributed by atoms with Crippen LogP contribution in [0.4, 0.5) is 5.82 Å². The maximum Gasteiger partial charge on any atom is 0.167 e. The maximum absolute atomic E-state index is 5.81. The van der Waals surface area contributed by atoms with Crippen LogP contribution in [0.15, 0.2) is 61.2 Å². The van der Waals surface area contributed by atoms with Crippen LogP contribution < -0.4 is 11.1 Å². The van der Waals surface area contributed by atoms with Gasteiger partial charge in [-0.3, -0.25) is 4.57 Å². The van der Waals surface area contributed by atoms with Gasteiger partial charge in [-0.25, -0.2) is 15.0 Å². The Labute approximate surface area is 173 Å². The highest BCUT2D eigenvalue weighted by Gasteiger charge is 2.09. The number of para-hydroxylation sites is 2. The van der Waals surface area contributed by atoms with Crippen LogP contribution in [0.25, 0.3) is 33.0 Å². The van der Waals surface area contributed by atoms with Crippen LogP contribution in [-0.4, -0.2) is 43.8 Å². The molecule has 3 aromatic heterocycles. The topological polar surface area (TPSA) is 95.8 Å². The molecule has 0 aliphatic rings. The highest BCUT2D eigenvalue weighted by atomic mass is 16.5. The second kappa shape index (κ2) is 8.10. The van der Waals surface area contributed by atoms with Crippen molar-refractivity contribution in [3.8, 4) is 0 Å². The summed E-state index contributed by atoms with van der Waals surface area (Å²) in [6.07, 6.45) is 3.11. The van der Waals surface area contributed by atoms with Gasteiger partial charge in [0.2, 0.25) is 0 Å². The molecule has 0 spiro atoms. The van der Waals surface area contributed by atoms with Crippen LogP contribution in [0.5, 0.6) is 0 Å². The zero-order valence-corrected chi connectivity index (χ0v) is 16.5. The first-order valence-corrected chi connectivity index (χ1v) is 9.98. The third kappa shape index (κ3) is 3.36. The van der Waals surface area contributed by atoms with E-state index in [0.29, 0.717) is 30.3 Å². The molecule has 0 fully saturated rings. The molecule has 0 saturated heterocycles. The van der Waals surface area contributed by atoms with Crippen molar-refractivity contribution in [2.45, 2.75) is 13.3 Å². The molecular formula is C22H23N7O. The molecule has 30 heavy (non-hydrogen) atoms. The van der Waals surface area contributed by atoms with E-state index >= 15 is 0 Å². The first kappa shape index (κ1) is 18.5. The molecule has 0 bridgehead atoms. The quantitative estimate of drug-likeness (QED) is 0.388. The highest BCUT2D eigenvalue weighted by molar-refractivity contribution is 6.07. The Bertz CT molecular complexity index is 1250. The van der Waals surface area contributed by atoms with Crippen molar-refractivity contribution in [2.75, 3.05) is 25.4 Å². The monoisotopic (exact) mass is 401 g/mol. The summed E-state index contributed by atoms with van der Waals surface area (Å²) in [7, 11) is 0. The van der Waals surface area contributed by atoms with Gasteiger partial charge in [0.15, 0.2) is 11.5 Å². The largest absolute Gasteiger partial charge is 0.382 e. The minimum absolute atomic E-state index is 0.376. The van der Waals surface area contributed by atoms with E-state index in [-0.39, 0.29) is 0 Å². The summed E-state index contributed by atoms with van der Waals surface area (Å²) in [6.45, 7) is 3.50. The molecule has 0 unspecified atom stereocenters.